The molecule has 5 heteroatoms. The van der Waals surface area contributed by atoms with E-state index in [1.807, 2.05) is 42.5 Å². The summed E-state index contributed by atoms with van der Waals surface area (Å²) in [5, 5.41) is 4.18. The monoisotopic (exact) mass is 359 g/mol. The Morgan fingerprint density at radius 1 is 1.04 bits per heavy atom. The Hall–Kier alpha value is -3.34. The molecule has 1 aliphatic heterocycles. The number of aliphatic imine (C=N–C) groups is 2. The van der Waals surface area contributed by atoms with Crippen molar-refractivity contribution in [2.45, 2.75) is 19.3 Å². The molecule has 2 aromatic carbocycles. The maximum absolute atomic E-state index is 14.0. The van der Waals surface area contributed by atoms with Gasteiger partial charge in [-0.2, -0.15) is 4.99 Å². The molecule has 0 radical (unpaired) electrons. The lowest BCUT2D eigenvalue weighted by Gasteiger charge is -2.22. The second kappa shape index (κ2) is 6.76. The minimum Gasteiger partial charge on any atom is -0.336 e. The lowest BCUT2D eigenvalue weighted by atomic mass is 9.81. The van der Waals surface area contributed by atoms with E-state index in [0.29, 0.717) is 17.3 Å². The molecule has 0 spiro atoms. The van der Waals surface area contributed by atoms with Gasteiger partial charge in [-0.1, -0.05) is 61.5 Å². The Kier molecular flexibility index (Phi) is 4.28. The lowest BCUT2D eigenvalue weighted by Crippen LogP contribution is -2.19. The first kappa shape index (κ1) is 17.1. The molecule has 3 aromatic rings. The van der Waals surface area contributed by atoms with Crippen LogP contribution in [0.15, 0.2) is 81.3 Å². The van der Waals surface area contributed by atoms with Gasteiger partial charge in [0.2, 0.25) is 0 Å². The third-order valence-corrected chi connectivity index (χ3v) is 4.69. The Morgan fingerprint density at radius 3 is 2.52 bits per heavy atom. The van der Waals surface area contributed by atoms with Gasteiger partial charge in [-0.3, -0.25) is 0 Å². The molecule has 2 heterocycles. The van der Waals surface area contributed by atoms with Crippen LogP contribution in [0.4, 0.5) is 10.3 Å². The van der Waals surface area contributed by atoms with Crippen LogP contribution in [0.2, 0.25) is 0 Å². The number of rotatable bonds is 4. The Labute approximate surface area is 156 Å². The average Bonchev–Trinajstić information content (AvgIpc) is 3.35. The van der Waals surface area contributed by atoms with Gasteiger partial charge in [0.25, 0.3) is 5.88 Å². The van der Waals surface area contributed by atoms with Crippen molar-refractivity contribution in [3.8, 4) is 11.1 Å². The van der Waals surface area contributed by atoms with Gasteiger partial charge in [0.1, 0.15) is 5.82 Å². The summed E-state index contributed by atoms with van der Waals surface area (Å²) in [5.41, 5.74) is 2.86. The molecule has 0 amide bonds. The topological polar surface area (TPSA) is 50.8 Å². The fraction of sp³-hybridized carbons (Fsp3) is 0.136. The second-order valence-electron chi connectivity index (χ2n) is 6.84. The maximum Gasteiger partial charge on any atom is 0.252 e. The van der Waals surface area contributed by atoms with E-state index in [-0.39, 0.29) is 11.2 Å². The summed E-state index contributed by atoms with van der Waals surface area (Å²) >= 11 is 0. The molecule has 0 atom stereocenters. The fourth-order valence-corrected chi connectivity index (χ4v) is 2.99. The molecule has 0 saturated heterocycles. The van der Waals surface area contributed by atoms with Gasteiger partial charge in [-0.05, 0) is 29.3 Å². The fourth-order valence-electron chi connectivity index (χ4n) is 2.99. The van der Waals surface area contributed by atoms with Crippen LogP contribution in [0.1, 0.15) is 25.1 Å². The Morgan fingerprint density at radius 2 is 1.81 bits per heavy atom. The number of amidine groups is 1. The van der Waals surface area contributed by atoms with Gasteiger partial charge in [0.15, 0.2) is 5.84 Å². The van der Waals surface area contributed by atoms with Crippen molar-refractivity contribution < 1.29 is 8.91 Å². The molecule has 0 saturated carbocycles. The third-order valence-electron chi connectivity index (χ3n) is 4.69. The van der Waals surface area contributed by atoms with E-state index in [1.165, 1.54) is 6.07 Å². The third kappa shape index (κ3) is 3.36. The molecular weight excluding hydrogens is 341 g/mol. The van der Waals surface area contributed by atoms with E-state index in [9.17, 15) is 4.39 Å². The molecule has 4 nitrogen and oxygen atoms in total. The van der Waals surface area contributed by atoms with Gasteiger partial charge in [-0.15, -0.1) is 0 Å². The number of benzene rings is 2. The summed E-state index contributed by atoms with van der Waals surface area (Å²) in [7, 11) is 0. The highest BCUT2D eigenvalue weighted by Gasteiger charge is 2.27. The van der Waals surface area contributed by atoms with E-state index in [2.05, 4.69) is 29.0 Å². The highest BCUT2D eigenvalue weighted by molar-refractivity contribution is 6.07. The Balaban J connectivity index is 1.61. The lowest BCUT2D eigenvalue weighted by molar-refractivity contribution is 0.407. The first-order chi connectivity index (χ1) is 13.0. The number of hydrogen-bond acceptors (Lipinski definition) is 3. The van der Waals surface area contributed by atoms with Crippen LogP contribution < -0.4 is 0 Å². The molecule has 0 bridgehead atoms. The van der Waals surface area contributed by atoms with Crippen molar-refractivity contribution in [3.63, 3.8) is 0 Å². The largest absolute Gasteiger partial charge is 0.336 e. The van der Waals surface area contributed by atoms with Crippen molar-refractivity contribution in [2.24, 2.45) is 9.98 Å². The molecule has 4 rings (SSSR count). The van der Waals surface area contributed by atoms with E-state index >= 15 is 0 Å². The maximum atomic E-state index is 14.0. The quantitative estimate of drug-likeness (QED) is 0.619. The van der Waals surface area contributed by atoms with E-state index in [4.69, 9.17) is 4.52 Å². The standard InChI is InChI=1S/C22H18FN3O/c1-22(2,19-14-21(27-26-19)25-20-8-5-13-24-20)16-11-9-15(10-12-16)17-6-3-4-7-18(17)23/h3-14H,1-2H3. The zero-order valence-electron chi connectivity index (χ0n) is 15.1. The minimum atomic E-state index is -0.384. The summed E-state index contributed by atoms with van der Waals surface area (Å²) in [6, 6.07) is 16.4. The smallest absolute Gasteiger partial charge is 0.252 e. The predicted octanol–water partition coefficient (Wildman–Crippen LogP) is 5.48. The van der Waals surface area contributed by atoms with E-state index < -0.39 is 0 Å². The summed E-state index contributed by atoms with van der Waals surface area (Å²) in [6.07, 6.45) is 5.29. The highest BCUT2D eigenvalue weighted by Crippen LogP contribution is 2.34. The van der Waals surface area contributed by atoms with E-state index in [1.54, 1.807) is 24.4 Å². The molecule has 0 aliphatic carbocycles. The van der Waals surface area contributed by atoms with Crippen LogP contribution in [0.25, 0.3) is 11.1 Å². The van der Waals surface area contributed by atoms with Crippen LogP contribution >= 0.6 is 0 Å². The van der Waals surface area contributed by atoms with E-state index in [0.717, 1.165) is 16.8 Å². The van der Waals surface area contributed by atoms with Crippen molar-refractivity contribution in [1.82, 2.24) is 5.16 Å². The molecule has 134 valence electrons. The minimum absolute atomic E-state index is 0.228. The number of hydrogen-bond donors (Lipinski definition) is 0. The summed E-state index contributed by atoms with van der Waals surface area (Å²) < 4.78 is 19.3. The van der Waals surface area contributed by atoms with Crippen LogP contribution in [0.5, 0.6) is 0 Å². The van der Waals surface area contributed by atoms with Gasteiger partial charge in [-0.25, -0.2) is 9.38 Å². The molecule has 27 heavy (non-hydrogen) atoms. The van der Waals surface area contributed by atoms with Crippen molar-refractivity contribution >= 4 is 17.9 Å². The van der Waals surface area contributed by atoms with Crippen LogP contribution in [0, 0.1) is 5.82 Å². The first-order valence-electron chi connectivity index (χ1n) is 8.66. The van der Waals surface area contributed by atoms with Crippen LogP contribution in [-0.2, 0) is 5.41 Å². The van der Waals surface area contributed by atoms with Crippen molar-refractivity contribution in [1.29, 1.82) is 0 Å². The highest BCUT2D eigenvalue weighted by atomic mass is 19.1. The van der Waals surface area contributed by atoms with Gasteiger partial charge >= 0.3 is 0 Å². The summed E-state index contributed by atoms with van der Waals surface area (Å²) in [4.78, 5) is 8.41. The van der Waals surface area contributed by atoms with Gasteiger partial charge in [0, 0.05) is 23.3 Å². The predicted molar refractivity (Wildman–Crippen MR) is 105 cm³/mol. The van der Waals surface area contributed by atoms with Crippen LogP contribution in [0.3, 0.4) is 0 Å². The Bertz CT molecular complexity index is 1050. The summed E-state index contributed by atoms with van der Waals surface area (Å²) in [5.74, 6) is 0.776. The summed E-state index contributed by atoms with van der Waals surface area (Å²) in [6.45, 7) is 4.13. The molecule has 0 N–H and O–H groups in total. The van der Waals surface area contributed by atoms with Gasteiger partial charge < -0.3 is 4.52 Å². The van der Waals surface area contributed by atoms with Gasteiger partial charge in [0.05, 0.1) is 5.69 Å². The molecular formula is C22H18FN3O. The second-order valence-corrected chi connectivity index (χ2v) is 6.84. The number of halogens is 1. The first-order valence-corrected chi connectivity index (χ1v) is 8.66. The average molecular weight is 359 g/mol. The molecule has 0 unspecified atom stereocenters. The van der Waals surface area contributed by atoms with Crippen molar-refractivity contribution in [3.05, 3.63) is 83.8 Å². The zero-order chi connectivity index (χ0) is 18.9. The molecule has 0 fully saturated rings. The number of nitrogens with zero attached hydrogens (tertiary/aromatic N) is 3. The van der Waals surface area contributed by atoms with Crippen LogP contribution in [-0.4, -0.2) is 17.2 Å². The number of allylic oxidation sites excluding steroid dienone is 1. The van der Waals surface area contributed by atoms with Crippen molar-refractivity contribution in [2.75, 3.05) is 0 Å². The zero-order valence-corrected chi connectivity index (χ0v) is 15.1. The molecule has 1 aliphatic rings. The SMILES string of the molecule is CC(C)(c1ccc(-c2ccccc2F)cc1)c1cc(N=C2C=CC=N2)on1. The number of aromatic nitrogens is 1. The normalized spacial score (nSPS) is 15.0. The molecule has 1 aromatic heterocycles.